The molecule has 1 saturated heterocycles. The highest BCUT2D eigenvalue weighted by atomic mass is 32.2. The van der Waals surface area contributed by atoms with E-state index in [1.165, 1.54) is 50.0 Å². The van der Waals surface area contributed by atoms with Gasteiger partial charge in [-0.2, -0.15) is 0 Å². The number of carbonyl (C=O) groups is 1. The first kappa shape index (κ1) is 22.0. The molecule has 2 fully saturated rings. The molecule has 1 amide bonds. The van der Waals surface area contributed by atoms with Crippen LogP contribution < -0.4 is 10.4 Å². The third kappa shape index (κ3) is 5.22. The maximum Gasteiger partial charge on any atom is 0.270 e. The topological polar surface area (TPSA) is 59.1 Å². The lowest BCUT2D eigenvalue weighted by Gasteiger charge is -2.36. The summed E-state index contributed by atoms with van der Waals surface area (Å²) in [6.45, 7) is 6.30. The van der Waals surface area contributed by atoms with Crippen molar-refractivity contribution in [3.63, 3.8) is 0 Å². The van der Waals surface area contributed by atoms with Crippen molar-refractivity contribution in [1.29, 1.82) is 0 Å². The molecule has 4 aliphatic rings. The van der Waals surface area contributed by atoms with Gasteiger partial charge in [-0.15, -0.1) is 0 Å². The molecule has 172 valence electrons. The van der Waals surface area contributed by atoms with Gasteiger partial charge in [-0.3, -0.25) is 14.9 Å². The quantitative estimate of drug-likeness (QED) is 0.297. The number of rotatable bonds is 6. The number of hydroxylamine groups is 1. The molecular weight excluding hydrogens is 420 g/mol. The normalized spacial score (nSPS) is 27.3. The average molecular weight is 455 g/mol. The Bertz CT molecular complexity index is 859. The predicted molar refractivity (Wildman–Crippen MR) is 130 cm³/mol. The van der Waals surface area contributed by atoms with Crippen molar-refractivity contribution in [2.24, 2.45) is 0 Å². The lowest BCUT2D eigenvalue weighted by molar-refractivity contribution is -0.125. The van der Waals surface area contributed by atoms with Crippen LogP contribution in [0.15, 0.2) is 48.1 Å². The molecule has 1 saturated carbocycles. The Hall–Kier alpha value is -1.80. The van der Waals surface area contributed by atoms with Gasteiger partial charge in [0.25, 0.3) is 5.91 Å². The molecule has 0 aromatic heterocycles. The molecule has 7 heteroatoms. The largest absolute Gasteiger partial charge is 0.369 e. The van der Waals surface area contributed by atoms with Crippen molar-refractivity contribution in [3.8, 4) is 0 Å². The minimum atomic E-state index is -0.374. The highest BCUT2D eigenvalue weighted by molar-refractivity contribution is 7.97. The van der Waals surface area contributed by atoms with Gasteiger partial charge in [0.1, 0.15) is 0 Å². The molecule has 2 heterocycles. The second-order valence-corrected chi connectivity index (χ2v) is 10.7. The number of anilines is 1. The second-order valence-electron chi connectivity index (χ2n) is 9.37. The molecule has 2 aliphatic carbocycles. The number of piperazine rings is 1. The fourth-order valence-corrected chi connectivity index (χ4v) is 6.24. The summed E-state index contributed by atoms with van der Waals surface area (Å²) in [4.78, 5) is 16.7. The van der Waals surface area contributed by atoms with E-state index in [1.54, 1.807) is 5.48 Å². The third-order valence-corrected chi connectivity index (χ3v) is 8.53. The summed E-state index contributed by atoms with van der Waals surface area (Å²) >= 11 is 1.88. The van der Waals surface area contributed by atoms with E-state index >= 15 is 0 Å². The predicted octanol–water partition coefficient (Wildman–Crippen LogP) is 3.56. The summed E-state index contributed by atoms with van der Waals surface area (Å²) < 4.78 is 2.32. The molecule has 0 radical (unpaired) electrons. The highest BCUT2D eigenvalue weighted by Gasteiger charge is 2.31. The summed E-state index contributed by atoms with van der Waals surface area (Å²) in [7, 11) is 0. The summed E-state index contributed by atoms with van der Waals surface area (Å²) in [5.74, 6) is 0.135. The monoisotopic (exact) mass is 454 g/mol. The first-order valence-corrected chi connectivity index (χ1v) is 12.9. The summed E-state index contributed by atoms with van der Waals surface area (Å²) in [5, 5.41) is 9.27. The van der Waals surface area contributed by atoms with E-state index in [4.69, 9.17) is 5.21 Å². The van der Waals surface area contributed by atoms with Gasteiger partial charge in [-0.1, -0.05) is 42.3 Å². The zero-order valence-electron chi connectivity index (χ0n) is 18.7. The van der Waals surface area contributed by atoms with Gasteiger partial charge in [0.2, 0.25) is 0 Å². The molecule has 1 aromatic carbocycles. The number of allylic oxidation sites excluding steroid dienone is 1. The van der Waals surface area contributed by atoms with Gasteiger partial charge in [0.05, 0.1) is 0 Å². The van der Waals surface area contributed by atoms with Gasteiger partial charge in [0.15, 0.2) is 0 Å². The van der Waals surface area contributed by atoms with E-state index in [-0.39, 0.29) is 5.91 Å². The van der Waals surface area contributed by atoms with E-state index < -0.39 is 0 Å². The van der Waals surface area contributed by atoms with Crippen LogP contribution in [-0.4, -0.2) is 70.9 Å². The number of carbonyl (C=O) groups excluding carboxylic acids is 1. The first-order valence-electron chi connectivity index (χ1n) is 12.0. The summed E-state index contributed by atoms with van der Waals surface area (Å²) in [6.07, 6.45) is 12.5. The van der Waals surface area contributed by atoms with Crippen molar-refractivity contribution >= 4 is 23.5 Å². The van der Waals surface area contributed by atoms with E-state index in [1.807, 2.05) is 18.0 Å². The Morgan fingerprint density at radius 2 is 1.75 bits per heavy atom. The zero-order valence-corrected chi connectivity index (χ0v) is 19.5. The molecule has 2 N–H and O–H groups in total. The number of hydrogen-bond donors (Lipinski definition) is 2. The van der Waals surface area contributed by atoms with Crippen LogP contribution in [0, 0.1) is 0 Å². The highest BCUT2D eigenvalue weighted by Crippen LogP contribution is 2.35. The summed E-state index contributed by atoms with van der Waals surface area (Å²) in [5.41, 5.74) is 5.20. The van der Waals surface area contributed by atoms with Crippen molar-refractivity contribution in [2.45, 2.75) is 49.3 Å². The molecule has 0 bridgehead atoms. The van der Waals surface area contributed by atoms with Crippen LogP contribution >= 0.6 is 11.9 Å². The Morgan fingerprint density at radius 3 is 2.34 bits per heavy atom. The molecule has 5 rings (SSSR count). The van der Waals surface area contributed by atoms with E-state index in [0.717, 1.165) is 32.2 Å². The molecule has 2 aliphatic heterocycles. The second kappa shape index (κ2) is 10.00. The van der Waals surface area contributed by atoms with Gasteiger partial charge in [-0.25, -0.2) is 9.79 Å². The maximum atomic E-state index is 11.5. The number of benzene rings is 1. The first-order chi connectivity index (χ1) is 15.7. The molecule has 2 unspecified atom stereocenters. The van der Waals surface area contributed by atoms with Crippen molar-refractivity contribution in [1.82, 2.24) is 14.7 Å². The average Bonchev–Trinajstić information content (AvgIpc) is 3.70. The molecule has 2 atom stereocenters. The number of nitrogens with one attached hydrogen (secondary N) is 1. The molecule has 6 nitrogen and oxygen atoms in total. The Kier molecular flexibility index (Phi) is 6.88. The zero-order chi connectivity index (χ0) is 21.9. The Labute approximate surface area is 195 Å². The fourth-order valence-electron chi connectivity index (χ4n) is 5.09. The number of hydrogen-bond acceptors (Lipinski definition) is 6. The molecule has 0 spiro atoms. The van der Waals surface area contributed by atoms with Crippen LogP contribution in [0.1, 0.15) is 43.6 Å². The maximum absolute atomic E-state index is 11.5. The van der Waals surface area contributed by atoms with Gasteiger partial charge in [-0.05, 0) is 49.8 Å². The molecule has 32 heavy (non-hydrogen) atoms. The number of nitrogens with zero attached hydrogens (tertiary/aromatic N) is 3. The SMILES string of the molecule is O=C(NO)C1=CCN(SC2C=CC(c3ccc(N4CCN(C5CC5)CC4)cc3)CC2)CC1. The van der Waals surface area contributed by atoms with Crippen LogP contribution in [-0.2, 0) is 4.79 Å². The summed E-state index contributed by atoms with van der Waals surface area (Å²) in [6, 6.07) is 10.2. The Balaban J connectivity index is 1.10. The van der Waals surface area contributed by atoms with E-state index in [2.05, 4.69) is 50.5 Å². The lowest BCUT2D eigenvalue weighted by Crippen LogP contribution is -2.47. The molecular formula is C25H34N4O2S. The van der Waals surface area contributed by atoms with Crippen LogP contribution in [0.4, 0.5) is 5.69 Å². The minimum Gasteiger partial charge on any atom is -0.369 e. The Morgan fingerprint density at radius 1 is 0.969 bits per heavy atom. The number of amides is 1. The van der Waals surface area contributed by atoms with Crippen LogP contribution in [0.5, 0.6) is 0 Å². The van der Waals surface area contributed by atoms with Gasteiger partial charge in [0, 0.05) is 67.7 Å². The van der Waals surface area contributed by atoms with Gasteiger partial charge >= 0.3 is 0 Å². The van der Waals surface area contributed by atoms with Crippen LogP contribution in [0.2, 0.25) is 0 Å². The van der Waals surface area contributed by atoms with Crippen LogP contribution in [0.3, 0.4) is 0 Å². The van der Waals surface area contributed by atoms with Crippen LogP contribution in [0.25, 0.3) is 0 Å². The lowest BCUT2D eigenvalue weighted by atomic mass is 9.89. The van der Waals surface area contributed by atoms with Crippen molar-refractivity contribution in [2.75, 3.05) is 44.2 Å². The van der Waals surface area contributed by atoms with Crippen molar-refractivity contribution in [3.05, 3.63) is 53.6 Å². The standard InChI is InChI=1S/C25H34N4O2S/c30-25(26-31)21-11-13-29(14-12-21)32-24-9-3-20(4-10-24)19-1-5-22(6-2-19)27-15-17-28(18-16-27)23-7-8-23/h1-3,5-6,9,11,20,23-24,31H,4,7-8,10,12-18H2,(H,26,30). The van der Waals surface area contributed by atoms with Crippen molar-refractivity contribution < 1.29 is 10.0 Å². The minimum absolute atomic E-state index is 0.374. The van der Waals surface area contributed by atoms with Gasteiger partial charge < -0.3 is 4.90 Å². The third-order valence-electron chi connectivity index (χ3n) is 7.23. The molecule has 1 aromatic rings. The van der Waals surface area contributed by atoms with E-state index in [0.29, 0.717) is 23.2 Å². The van der Waals surface area contributed by atoms with E-state index in [9.17, 15) is 4.79 Å². The smallest absolute Gasteiger partial charge is 0.270 e. The fraction of sp³-hybridized carbons (Fsp3) is 0.560.